The van der Waals surface area contributed by atoms with E-state index in [0.717, 1.165) is 11.1 Å². The van der Waals surface area contributed by atoms with Crippen LogP contribution in [0.3, 0.4) is 0 Å². The van der Waals surface area contributed by atoms with E-state index < -0.39 is 17.9 Å². The number of aliphatic carboxylic acids is 2. The molecule has 0 aliphatic heterocycles. The fraction of sp³-hybridized carbons (Fsp3) is 0.429. The molecule has 0 spiro atoms. The van der Waals surface area contributed by atoms with E-state index in [-0.39, 0.29) is 13.0 Å². The van der Waals surface area contributed by atoms with Crippen molar-refractivity contribution < 1.29 is 19.8 Å². The Hall–Kier alpha value is -1.88. The van der Waals surface area contributed by atoms with Crippen LogP contribution in [0.2, 0.25) is 0 Å². The van der Waals surface area contributed by atoms with E-state index in [0.29, 0.717) is 6.54 Å². The van der Waals surface area contributed by atoms with Crippen LogP contribution in [-0.4, -0.2) is 40.6 Å². The van der Waals surface area contributed by atoms with Gasteiger partial charge in [-0.15, -0.1) is 0 Å². The minimum atomic E-state index is -1.09. The van der Waals surface area contributed by atoms with Crippen LogP contribution >= 0.6 is 0 Å². The molecule has 0 radical (unpaired) electrons. The van der Waals surface area contributed by atoms with Gasteiger partial charge in [-0.1, -0.05) is 29.8 Å². The minimum Gasteiger partial charge on any atom is -0.481 e. The molecule has 1 aromatic rings. The van der Waals surface area contributed by atoms with Crippen molar-refractivity contribution in [1.29, 1.82) is 0 Å². The highest BCUT2D eigenvalue weighted by Crippen LogP contribution is 2.10. The van der Waals surface area contributed by atoms with Gasteiger partial charge in [-0.3, -0.25) is 9.59 Å². The SMILES string of the molecule is Cc1cccc(CN(C)CC(CC(=O)O)C(=O)O)c1. The van der Waals surface area contributed by atoms with Gasteiger partial charge in [0.2, 0.25) is 0 Å². The average molecular weight is 265 g/mol. The van der Waals surface area contributed by atoms with Gasteiger partial charge >= 0.3 is 11.9 Å². The fourth-order valence-electron chi connectivity index (χ4n) is 2.00. The summed E-state index contributed by atoms with van der Waals surface area (Å²) in [7, 11) is 1.79. The summed E-state index contributed by atoms with van der Waals surface area (Å²) in [4.78, 5) is 23.4. The topological polar surface area (TPSA) is 77.8 Å². The summed E-state index contributed by atoms with van der Waals surface area (Å²) in [5.74, 6) is -3.04. The maximum Gasteiger partial charge on any atom is 0.308 e. The summed E-state index contributed by atoms with van der Waals surface area (Å²) >= 11 is 0. The molecule has 19 heavy (non-hydrogen) atoms. The van der Waals surface area contributed by atoms with Crippen molar-refractivity contribution in [3.8, 4) is 0 Å². The van der Waals surface area contributed by atoms with Crippen LogP contribution in [0.15, 0.2) is 24.3 Å². The molecular weight excluding hydrogens is 246 g/mol. The van der Waals surface area contributed by atoms with E-state index in [1.165, 1.54) is 0 Å². The number of carboxylic acid groups (broad SMARTS) is 2. The molecule has 0 saturated heterocycles. The number of carbonyl (C=O) groups is 2. The highest BCUT2D eigenvalue weighted by Gasteiger charge is 2.22. The molecule has 1 unspecified atom stereocenters. The lowest BCUT2D eigenvalue weighted by Crippen LogP contribution is -2.31. The van der Waals surface area contributed by atoms with E-state index in [2.05, 4.69) is 0 Å². The van der Waals surface area contributed by atoms with E-state index in [4.69, 9.17) is 10.2 Å². The van der Waals surface area contributed by atoms with Crippen LogP contribution in [0.25, 0.3) is 0 Å². The molecular formula is C14H19NO4. The van der Waals surface area contributed by atoms with Gasteiger partial charge in [0.05, 0.1) is 12.3 Å². The van der Waals surface area contributed by atoms with Crippen molar-refractivity contribution in [3.63, 3.8) is 0 Å². The van der Waals surface area contributed by atoms with Crippen LogP contribution in [0.1, 0.15) is 17.5 Å². The van der Waals surface area contributed by atoms with Crippen molar-refractivity contribution in [2.75, 3.05) is 13.6 Å². The van der Waals surface area contributed by atoms with Crippen molar-refractivity contribution in [2.24, 2.45) is 5.92 Å². The van der Waals surface area contributed by atoms with Gasteiger partial charge < -0.3 is 15.1 Å². The zero-order valence-corrected chi connectivity index (χ0v) is 11.2. The van der Waals surface area contributed by atoms with Crippen molar-refractivity contribution in [2.45, 2.75) is 19.9 Å². The first kappa shape index (κ1) is 15.2. The zero-order chi connectivity index (χ0) is 14.4. The molecule has 0 bridgehead atoms. The van der Waals surface area contributed by atoms with Crippen LogP contribution in [0, 0.1) is 12.8 Å². The zero-order valence-electron chi connectivity index (χ0n) is 11.2. The first-order chi connectivity index (χ1) is 8.88. The van der Waals surface area contributed by atoms with Crippen LogP contribution < -0.4 is 0 Å². The molecule has 1 aromatic carbocycles. The third kappa shape index (κ3) is 5.52. The first-order valence-electron chi connectivity index (χ1n) is 6.07. The predicted molar refractivity (Wildman–Crippen MR) is 70.9 cm³/mol. The summed E-state index contributed by atoms with van der Waals surface area (Å²) in [6.07, 6.45) is -0.354. The molecule has 0 heterocycles. The van der Waals surface area contributed by atoms with Crippen molar-refractivity contribution >= 4 is 11.9 Å². The monoisotopic (exact) mass is 265 g/mol. The van der Waals surface area contributed by atoms with Gasteiger partial charge in [-0.2, -0.15) is 0 Å². The lowest BCUT2D eigenvalue weighted by atomic mass is 10.0. The number of hydrogen-bond donors (Lipinski definition) is 2. The van der Waals surface area contributed by atoms with Crippen LogP contribution in [0.5, 0.6) is 0 Å². The summed E-state index contributed by atoms with van der Waals surface area (Å²) in [6.45, 7) is 2.81. The molecule has 5 heteroatoms. The third-order valence-corrected chi connectivity index (χ3v) is 2.84. The van der Waals surface area contributed by atoms with E-state index in [1.807, 2.05) is 36.1 Å². The van der Waals surface area contributed by atoms with E-state index in [1.54, 1.807) is 7.05 Å². The summed E-state index contributed by atoms with van der Waals surface area (Å²) < 4.78 is 0. The summed E-state index contributed by atoms with van der Waals surface area (Å²) in [6, 6.07) is 7.94. The number of rotatable bonds is 7. The van der Waals surface area contributed by atoms with E-state index in [9.17, 15) is 9.59 Å². The van der Waals surface area contributed by atoms with Gasteiger partial charge in [-0.25, -0.2) is 0 Å². The number of carboxylic acids is 2. The highest BCUT2D eigenvalue weighted by molar-refractivity contribution is 5.77. The van der Waals surface area contributed by atoms with Gasteiger partial charge in [-0.05, 0) is 19.5 Å². The second-order valence-electron chi connectivity index (χ2n) is 4.82. The molecule has 104 valence electrons. The van der Waals surface area contributed by atoms with Crippen LogP contribution in [0.4, 0.5) is 0 Å². The molecule has 1 atom stereocenters. The number of hydrogen-bond acceptors (Lipinski definition) is 3. The molecule has 0 aromatic heterocycles. The quantitative estimate of drug-likeness (QED) is 0.783. The van der Waals surface area contributed by atoms with Gasteiger partial charge in [0.15, 0.2) is 0 Å². The number of benzene rings is 1. The first-order valence-corrected chi connectivity index (χ1v) is 6.07. The lowest BCUT2D eigenvalue weighted by molar-refractivity contribution is -0.148. The highest BCUT2D eigenvalue weighted by atomic mass is 16.4. The Kier molecular flexibility index (Phi) is 5.51. The molecule has 2 N–H and O–H groups in total. The Morgan fingerprint density at radius 1 is 1.32 bits per heavy atom. The third-order valence-electron chi connectivity index (χ3n) is 2.84. The molecule has 1 rings (SSSR count). The van der Waals surface area contributed by atoms with Gasteiger partial charge in [0.1, 0.15) is 0 Å². The molecule has 0 fully saturated rings. The van der Waals surface area contributed by atoms with Gasteiger partial charge in [0.25, 0.3) is 0 Å². The smallest absolute Gasteiger partial charge is 0.308 e. The number of nitrogens with zero attached hydrogens (tertiary/aromatic N) is 1. The van der Waals surface area contributed by atoms with Crippen LogP contribution in [-0.2, 0) is 16.1 Å². The normalized spacial score (nSPS) is 12.4. The largest absolute Gasteiger partial charge is 0.481 e. The summed E-state index contributed by atoms with van der Waals surface area (Å²) in [5.41, 5.74) is 2.23. The fourth-order valence-corrected chi connectivity index (χ4v) is 2.00. The second kappa shape index (κ2) is 6.89. The maximum absolute atomic E-state index is 11.0. The summed E-state index contributed by atoms with van der Waals surface area (Å²) in [5, 5.41) is 17.7. The lowest BCUT2D eigenvalue weighted by Gasteiger charge is -2.20. The Morgan fingerprint density at radius 2 is 2.00 bits per heavy atom. The van der Waals surface area contributed by atoms with Crippen molar-refractivity contribution in [1.82, 2.24) is 4.90 Å². The second-order valence-corrected chi connectivity index (χ2v) is 4.82. The molecule has 0 amide bonds. The predicted octanol–water partition coefficient (Wildman–Crippen LogP) is 1.60. The Labute approximate surface area is 112 Å². The Morgan fingerprint density at radius 3 is 2.53 bits per heavy atom. The minimum absolute atomic E-state index is 0.218. The van der Waals surface area contributed by atoms with Gasteiger partial charge in [0, 0.05) is 13.1 Å². The van der Waals surface area contributed by atoms with E-state index >= 15 is 0 Å². The maximum atomic E-state index is 11.0. The molecule has 0 aliphatic rings. The average Bonchev–Trinajstić information content (AvgIpc) is 2.27. The Bertz CT molecular complexity index is 459. The Balaban J connectivity index is 2.59. The standard InChI is InChI=1S/C14H19NO4/c1-10-4-3-5-11(6-10)8-15(2)9-12(14(18)19)7-13(16)17/h3-6,12H,7-9H2,1-2H3,(H,16,17)(H,18,19). The molecule has 0 aliphatic carbocycles. The van der Waals surface area contributed by atoms with Crippen molar-refractivity contribution in [3.05, 3.63) is 35.4 Å². The molecule has 5 nitrogen and oxygen atoms in total. The number of aryl methyl sites for hydroxylation is 1. The molecule has 0 saturated carbocycles.